The van der Waals surface area contributed by atoms with Crippen molar-refractivity contribution < 1.29 is 14.1 Å². The van der Waals surface area contributed by atoms with E-state index in [1.54, 1.807) is 24.3 Å². The number of nitrogens with two attached hydrogens (primary N) is 1. The zero-order valence-electron chi connectivity index (χ0n) is 17.4. The Kier molecular flexibility index (Phi) is 6.04. The molecule has 10 heteroatoms. The molecule has 32 heavy (non-hydrogen) atoms. The fourth-order valence-corrected chi connectivity index (χ4v) is 3.65. The molecule has 4 aromatic rings. The predicted octanol–water partition coefficient (Wildman–Crippen LogP) is 3.75. The third-order valence-electron chi connectivity index (χ3n) is 4.69. The van der Waals surface area contributed by atoms with Crippen LogP contribution in [0.15, 0.2) is 64.1 Å². The van der Waals surface area contributed by atoms with Crippen LogP contribution in [0.2, 0.25) is 0 Å². The monoisotopic (exact) mass is 448 g/mol. The Balaban J connectivity index is 1.54. The van der Waals surface area contributed by atoms with Gasteiger partial charge >= 0.3 is 0 Å². The van der Waals surface area contributed by atoms with Crippen LogP contribution in [0, 0.1) is 0 Å². The van der Waals surface area contributed by atoms with Gasteiger partial charge in [-0.1, -0.05) is 35.5 Å². The summed E-state index contributed by atoms with van der Waals surface area (Å²) < 4.78 is 6.83. The van der Waals surface area contributed by atoms with Crippen molar-refractivity contribution in [1.29, 1.82) is 0 Å². The lowest BCUT2D eigenvalue weighted by Crippen LogP contribution is -2.20. The minimum absolute atomic E-state index is 0.0410. The predicted molar refractivity (Wildman–Crippen MR) is 122 cm³/mol. The first-order valence-electron chi connectivity index (χ1n) is 9.67. The number of anilines is 2. The number of thioether (sulfide) groups is 1. The van der Waals surface area contributed by atoms with Crippen molar-refractivity contribution in [1.82, 2.24) is 19.9 Å². The quantitative estimate of drug-likeness (QED) is 0.323. The summed E-state index contributed by atoms with van der Waals surface area (Å²) in [6.07, 6.45) is 1.85. The van der Waals surface area contributed by atoms with Gasteiger partial charge in [0.2, 0.25) is 11.7 Å². The van der Waals surface area contributed by atoms with Gasteiger partial charge < -0.3 is 15.6 Å². The Morgan fingerprint density at radius 2 is 1.84 bits per heavy atom. The Morgan fingerprint density at radius 1 is 1.12 bits per heavy atom. The van der Waals surface area contributed by atoms with E-state index in [4.69, 9.17) is 10.3 Å². The number of Topliss-reactive ketones (excluding diaryl/α,β-unsaturated/α-hetero) is 1. The molecule has 9 nitrogen and oxygen atoms in total. The van der Waals surface area contributed by atoms with Crippen LogP contribution in [0.1, 0.15) is 17.3 Å². The summed E-state index contributed by atoms with van der Waals surface area (Å²) >= 11 is 1.36. The van der Waals surface area contributed by atoms with E-state index in [0.717, 1.165) is 5.56 Å². The average molecular weight is 449 g/mol. The lowest BCUT2D eigenvalue weighted by molar-refractivity contribution is -0.116. The molecule has 0 bridgehead atoms. The van der Waals surface area contributed by atoms with Gasteiger partial charge in [0, 0.05) is 16.8 Å². The molecule has 2 aromatic heterocycles. The largest absolute Gasteiger partial charge is 0.383 e. The highest BCUT2D eigenvalue weighted by Gasteiger charge is 2.23. The van der Waals surface area contributed by atoms with E-state index in [-0.39, 0.29) is 29.9 Å². The number of nitrogens with one attached hydrogen (secondary N) is 1. The van der Waals surface area contributed by atoms with Crippen LogP contribution >= 0.6 is 11.8 Å². The number of ketones is 1. The molecule has 3 N–H and O–H groups in total. The molecule has 0 aliphatic heterocycles. The van der Waals surface area contributed by atoms with E-state index >= 15 is 0 Å². The van der Waals surface area contributed by atoms with Crippen molar-refractivity contribution in [2.75, 3.05) is 17.3 Å². The summed E-state index contributed by atoms with van der Waals surface area (Å²) in [7, 11) is 0. The molecule has 4 rings (SSSR count). The van der Waals surface area contributed by atoms with Crippen molar-refractivity contribution in [2.24, 2.45) is 0 Å². The van der Waals surface area contributed by atoms with E-state index in [9.17, 15) is 9.59 Å². The topological polar surface area (TPSA) is 129 Å². The van der Waals surface area contributed by atoms with Crippen LogP contribution < -0.4 is 11.1 Å². The second kappa shape index (κ2) is 9.06. The molecular formula is C22H20N6O3S. The van der Waals surface area contributed by atoms with Crippen LogP contribution in [0.25, 0.3) is 22.8 Å². The van der Waals surface area contributed by atoms with Gasteiger partial charge in [0.25, 0.3) is 5.89 Å². The normalized spacial score (nSPS) is 10.8. The number of hydrogen-bond acceptors (Lipinski definition) is 8. The molecular weight excluding hydrogens is 428 g/mol. The van der Waals surface area contributed by atoms with Gasteiger partial charge in [0.15, 0.2) is 5.78 Å². The van der Waals surface area contributed by atoms with E-state index in [1.807, 2.05) is 36.6 Å². The Hall–Kier alpha value is -3.92. The Labute approximate surface area is 188 Å². The van der Waals surface area contributed by atoms with Gasteiger partial charge in [-0.15, -0.1) is 11.8 Å². The van der Waals surface area contributed by atoms with Gasteiger partial charge in [-0.3, -0.25) is 9.59 Å². The van der Waals surface area contributed by atoms with Crippen LogP contribution in [-0.2, 0) is 11.3 Å². The molecule has 0 aliphatic rings. The van der Waals surface area contributed by atoms with Crippen molar-refractivity contribution in [3.05, 3.63) is 60.2 Å². The molecule has 0 spiro atoms. The van der Waals surface area contributed by atoms with E-state index in [0.29, 0.717) is 27.7 Å². The average Bonchev–Trinajstić information content (AvgIpc) is 3.39. The molecule has 0 unspecified atom stereocenters. The summed E-state index contributed by atoms with van der Waals surface area (Å²) in [5, 5.41) is 11.8. The third kappa shape index (κ3) is 4.40. The Morgan fingerprint density at radius 3 is 2.50 bits per heavy atom. The highest BCUT2D eigenvalue weighted by atomic mass is 32.2. The number of hydrogen-bond donors (Lipinski definition) is 2. The number of amides is 1. The highest BCUT2D eigenvalue weighted by Crippen LogP contribution is 2.34. The first-order valence-corrected chi connectivity index (χ1v) is 10.9. The summed E-state index contributed by atoms with van der Waals surface area (Å²) in [6, 6.07) is 16.1. The maximum atomic E-state index is 12.5. The molecule has 0 saturated carbocycles. The van der Waals surface area contributed by atoms with Gasteiger partial charge in [-0.2, -0.15) is 10.1 Å². The number of benzene rings is 2. The maximum Gasteiger partial charge on any atom is 0.264 e. The van der Waals surface area contributed by atoms with Crippen LogP contribution in [-0.4, -0.2) is 37.9 Å². The zero-order chi connectivity index (χ0) is 22.7. The number of nitrogen functional groups attached to an aromatic ring is 1. The smallest absolute Gasteiger partial charge is 0.264 e. The number of carbonyl (C=O) groups excluding carboxylic acids is 2. The third-order valence-corrected chi connectivity index (χ3v) is 5.37. The van der Waals surface area contributed by atoms with Gasteiger partial charge in [0.1, 0.15) is 23.0 Å². The van der Waals surface area contributed by atoms with Crippen LogP contribution in [0.3, 0.4) is 0 Å². The second-order valence-corrected chi connectivity index (χ2v) is 7.69. The molecule has 2 aromatic carbocycles. The zero-order valence-corrected chi connectivity index (χ0v) is 18.2. The van der Waals surface area contributed by atoms with Gasteiger partial charge in [0.05, 0.1) is 0 Å². The number of aromatic nitrogens is 4. The lowest BCUT2D eigenvalue weighted by Gasteiger charge is -2.07. The minimum atomic E-state index is -0.315. The molecule has 0 radical (unpaired) electrons. The van der Waals surface area contributed by atoms with Gasteiger partial charge in [-0.25, -0.2) is 4.68 Å². The summed E-state index contributed by atoms with van der Waals surface area (Å²) in [4.78, 5) is 28.4. The van der Waals surface area contributed by atoms with Crippen LogP contribution in [0.4, 0.5) is 11.5 Å². The number of carbonyl (C=O) groups is 2. The standard InChI is InChI=1S/C22H20N6O3S/c1-13(29)14-8-10-16(11-9-14)24-17(30)12-28-19(23)18(22(26-28)32-2)21-25-20(27-31-21)15-6-4-3-5-7-15/h3-11H,12,23H2,1-2H3,(H,24,30). The van der Waals surface area contributed by atoms with Crippen molar-refractivity contribution in [2.45, 2.75) is 18.5 Å². The number of nitrogens with zero attached hydrogens (tertiary/aromatic N) is 4. The molecule has 0 aliphatic carbocycles. The summed E-state index contributed by atoms with van der Waals surface area (Å²) in [5.41, 5.74) is 8.74. The van der Waals surface area contributed by atoms with Gasteiger partial charge in [-0.05, 0) is 37.4 Å². The fraction of sp³-hybridized carbons (Fsp3) is 0.136. The number of rotatable bonds is 7. The highest BCUT2D eigenvalue weighted by molar-refractivity contribution is 7.98. The second-order valence-electron chi connectivity index (χ2n) is 6.90. The van der Waals surface area contributed by atoms with Crippen molar-refractivity contribution in [3.63, 3.8) is 0 Å². The molecule has 0 saturated heterocycles. The first kappa shape index (κ1) is 21.3. The minimum Gasteiger partial charge on any atom is -0.383 e. The SMILES string of the molecule is CSc1nn(CC(=O)Nc2ccc(C(C)=O)cc2)c(N)c1-c1nc(-c2ccccc2)no1. The Bertz CT molecular complexity index is 1260. The van der Waals surface area contributed by atoms with Crippen molar-refractivity contribution >= 4 is 35.0 Å². The molecule has 0 atom stereocenters. The lowest BCUT2D eigenvalue weighted by atomic mass is 10.1. The summed E-state index contributed by atoms with van der Waals surface area (Å²) in [5.74, 6) is 0.564. The van der Waals surface area contributed by atoms with Crippen molar-refractivity contribution in [3.8, 4) is 22.8 Å². The molecule has 1 amide bonds. The molecule has 162 valence electrons. The van der Waals surface area contributed by atoms with Crippen LogP contribution in [0.5, 0.6) is 0 Å². The first-order chi connectivity index (χ1) is 15.5. The molecule has 2 heterocycles. The maximum absolute atomic E-state index is 12.5. The molecule has 0 fully saturated rings. The fourth-order valence-electron chi connectivity index (χ4n) is 3.07. The van der Waals surface area contributed by atoms with E-state index in [2.05, 4.69) is 20.6 Å². The van der Waals surface area contributed by atoms with E-state index < -0.39 is 0 Å². The van der Waals surface area contributed by atoms with E-state index in [1.165, 1.54) is 23.4 Å². The summed E-state index contributed by atoms with van der Waals surface area (Å²) in [6.45, 7) is 1.38.